The molecule has 0 bridgehead atoms. The first-order valence-corrected chi connectivity index (χ1v) is 19.7. The average Bonchev–Trinajstić information content (AvgIpc) is 3.85. The van der Waals surface area contributed by atoms with Crippen LogP contribution in [0.15, 0.2) is 182 Å². The van der Waals surface area contributed by atoms with Crippen molar-refractivity contribution < 1.29 is 0 Å². The van der Waals surface area contributed by atoms with Gasteiger partial charge in [0.15, 0.2) is 5.82 Å². The summed E-state index contributed by atoms with van der Waals surface area (Å²) in [7, 11) is 0. The maximum Gasteiger partial charge on any atom is 0.161 e. The highest BCUT2D eigenvalue weighted by Crippen LogP contribution is 2.52. The van der Waals surface area contributed by atoms with Crippen LogP contribution in [0.5, 0.6) is 0 Å². The number of hydrogen-bond donors (Lipinski definition) is 0. The molecular weight excluding hydrogens is 693 g/mol. The van der Waals surface area contributed by atoms with Gasteiger partial charge in [0.25, 0.3) is 0 Å². The maximum atomic E-state index is 5.68. The highest BCUT2D eigenvalue weighted by molar-refractivity contribution is 6.14. The van der Waals surface area contributed by atoms with E-state index < -0.39 is 0 Å². The minimum Gasteiger partial charge on any atom is -0.309 e. The van der Waals surface area contributed by atoms with Crippen LogP contribution in [0.2, 0.25) is 0 Å². The van der Waals surface area contributed by atoms with Crippen LogP contribution in [0, 0.1) is 0 Å². The van der Waals surface area contributed by atoms with Crippen molar-refractivity contribution in [3.8, 4) is 45.1 Å². The van der Waals surface area contributed by atoms with Gasteiger partial charge in [0.2, 0.25) is 0 Å². The van der Waals surface area contributed by atoms with Gasteiger partial charge in [0.1, 0.15) is 5.82 Å². The van der Waals surface area contributed by atoms with Crippen LogP contribution in [-0.4, -0.2) is 19.1 Å². The molecule has 0 N–H and O–H groups in total. The molecular formula is C53H36N4. The number of aromatic nitrogens is 4. The molecule has 4 heteroatoms. The summed E-state index contributed by atoms with van der Waals surface area (Å²) in [5, 5.41) is 7.23. The van der Waals surface area contributed by atoms with E-state index in [-0.39, 0.29) is 5.41 Å². The summed E-state index contributed by atoms with van der Waals surface area (Å²) in [6.45, 7) is 4.64. The van der Waals surface area contributed by atoms with Gasteiger partial charge in [-0.3, -0.25) is 4.57 Å². The van der Waals surface area contributed by atoms with Crippen LogP contribution >= 0.6 is 0 Å². The summed E-state index contributed by atoms with van der Waals surface area (Å²) in [5.41, 5.74) is 13.3. The Bertz CT molecular complexity index is 3420. The molecule has 0 saturated heterocycles. The summed E-state index contributed by atoms with van der Waals surface area (Å²) in [4.78, 5) is 11.3. The summed E-state index contributed by atoms with van der Waals surface area (Å²) in [6.07, 6.45) is 0. The second-order valence-electron chi connectivity index (χ2n) is 15.8. The van der Waals surface area contributed by atoms with Crippen molar-refractivity contribution in [3.05, 3.63) is 193 Å². The molecule has 0 atom stereocenters. The molecule has 0 saturated carbocycles. The molecule has 12 rings (SSSR count). The van der Waals surface area contributed by atoms with E-state index in [9.17, 15) is 0 Å². The van der Waals surface area contributed by atoms with E-state index in [4.69, 9.17) is 9.97 Å². The van der Waals surface area contributed by atoms with Crippen LogP contribution in [0.1, 0.15) is 25.1 Å². The molecule has 0 radical (unpaired) electrons. The van der Waals surface area contributed by atoms with Crippen molar-refractivity contribution in [1.29, 1.82) is 0 Å². The van der Waals surface area contributed by atoms with Gasteiger partial charge in [-0.1, -0.05) is 135 Å². The normalized spacial score (nSPS) is 13.2. The number of rotatable bonds is 4. The van der Waals surface area contributed by atoms with Gasteiger partial charge in [-0.25, -0.2) is 9.97 Å². The van der Waals surface area contributed by atoms with Crippen LogP contribution in [-0.2, 0) is 5.41 Å². The number of para-hydroxylation sites is 3. The van der Waals surface area contributed by atoms with Crippen LogP contribution in [0.4, 0.5) is 0 Å². The zero-order chi connectivity index (χ0) is 37.8. The van der Waals surface area contributed by atoms with E-state index in [1.165, 1.54) is 60.1 Å². The molecule has 1 aliphatic rings. The van der Waals surface area contributed by atoms with E-state index in [2.05, 4.69) is 205 Å². The predicted molar refractivity (Wildman–Crippen MR) is 237 cm³/mol. The van der Waals surface area contributed by atoms with Crippen LogP contribution < -0.4 is 0 Å². The Balaban J connectivity index is 1.17. The first-order valence-electron chi connectivity index (χ1n) is 19.7. The summed E-state index contributed by atoms with van der Waals surface area (Å²) < 4.78 is 4.76. The van der Waals surface area contributed by atoms with Crippen molar-refractivity contribution in [2.75, 3.05) is 0 Å². The predicted octanol–water partition coefficient (Wildman–Crippen LogP) is 13.5. The lowest BCUT2D eigenvalue weighted by molar-refractivity contribution is 0.635. The molecule has 1 aliphatic carbocycles. The smallest absolute Gasteiger partial charge is 0.161 e. The first-order chi connectivity index (χ1) is 28.0. The van der Waals surface area contributed by atoms with Gasteiger partial charge >= 0.3 is 0 Å². The molecule has 0 spiro atoms. The Kier molecular flexibility index (Phi) is 6.65. The van der Waals surface area contributed by atoms with E-state index in [0.717, 1.165) is 50.7 Å². The summed E-state index contributed by atoms with van der Waals surface area (Å²) in [5.74, 6) is 1.63. The third-order valence-electron chi connectivity index (χ3n) is 12.2. The SMILES string of the molecule is CC1(C)c2cc(-c3ccccc3)ccc2-c2c(-n3c4ccccc4c4cc5ccccc5cc43)nc(-c3ccc4c(c3)c3ccccc3n4-c3ccccc3)nc21. The lowest BCUT2D eigenvalue weighted by Crippen LogP contribution is -2.18. The molecule has 3 aromatic heterocycles. The largest absolute Gasteiger partial charge is 0.309 e. The van der Waals surface area contributed by atoms with E-state index in [0.29, 0.717) is 0 Å². The summed E-state index contributed by atoms with van der Waals surface area (Å²) in [6, 6.07) is 65.7. The van der Waals surface area contributed by atoms with Crippen LogP contribution in [0.3, 0.4) is 0 Å². The zero-order valence-electron chi connectivity index (χ0n) is 31.6. The second kappa shape index (κ2) is 11.8. The molecule has 4 nitrogen and oxygen atoms in total. The highest BCUT2D eigenvalue weighted by atomic mass is 15.1. The molecule has 268 valence electrons. The molecule has 0 unspecified atom stereocenters. The van der Waals surface area contributed by atoms with Gasteiger partial charge in [-0.15, -0.1) is 0 Å². The van der Waals surface area contributed by atoms with Crippen LogP contribution in [0.25, 0.3) is 99.5 Å². The topological polar surface area (TPSA) is 35.6 Å². The Labute approximate surface area is 329 Å². The van der Waals surface area contributed by atoms with Gasteiger partial charge in [0.05, 0.1) is 27.8 Å². The Morgan fingerprint density at radius 1 is 0.421 bits per heavy atom. The fourth-order valence-corrected chi connectivity index (χ4v) is 9.51. The second-order valence-corrected chi connectivity index (χ2v) is 15.8. The van der Waals surface area contributed by atoms with Crippen molar-refractivity contribution >= 4 is 54.4 Å². The Morgan fingerprint density at radius 2 is 1.02 bits per heavy atom. The molecule has 57 heavy (non-hydrogen) atoms. The summed E-state index contributed by atoms with van der Waals surface area (Å²) >= 11 is 0. The fraction of sp³-hybridized carbons (Fsp3) is 0.0566. The van der Waals surface area contributed by atoms with E-state index in [1.54, 1.807) is 0 Å². The van der Waals surface area contributed by atoms with Crippen molar-refractivity contribution in [3.63, 3.8) is 0 Å². The Morgan fingerprint density at radius 3 is 1.77 bits per heavy atom. The number of nitrogens with zero attached hydrogens (tertiary/aromatic N) is 4. The quantitative estimate of drug-likeness (QED) is 0.181. The van der Waals surface area contributed by atoms with Gasteiger partial charge in [-0.05, 0) is 93.7 Å². The lowest BCUT2D eigenvalue weighted by atomic mass is 9.84. The number of fused-ring (bicyclic) bond motifs is 10. The monoisotopic (exact) mass is 728 g/mol. The first kappa shape index (κ1) is 32.0. The van der Waals surface area contributed by atoms with E-state index >= 15 is 0 Å². The fourth-order valence-electron chi connectivity index (χ4n) is 9.51. The van der Waals surface area contributed by atoms with Crippen molar-refractivity contribution in [2.45, 2.75) is 19.3 Å². The van der Waals surface area contributed by atoms with Gasteiger partial charge in [-0.2, -0.15) is 0 Å². The lowest BCUT2D eigenvalue weighted by Gasteiger charge is -2.22. The standard InChI is InChI=1S/C53H36N4/c1-53(2)44-31-36(33-15-5-3-6-16-33)25-27-41(44)49-50(53)54-51(37-26-28-47-42(30-37)39-21-11-13-23-45(39)56(47)38-19-7-4-8-20-38)55-52(49)57-46-24-14-12-22-40(46)43-29-34-17-9-10-18-35(34)32-48(43)57/h3-32H,1-2H3. The highest BCUT2D eigenvalue weighted by Gasteiger charge is 2.41. The third kappa shape index (κ3) is 4.62. The molecule has 8 aromatic carbocycles. The minimum absolute atomic E-state index is 0.388. The van der Waals surface area contributed by atoms with Gasteiger partial charge < -0.3 is 4.57 Å². The zero-order valence-corrected chi connectivity index (χ0v) is 31.6. The van der Waals surface area contributed by atoms with Crippen molar-refractivity contribution in [2.24, 2.45) is 0 Å². The molecule has 0 amide bonds. The molecule has 0 fully saturated rings. The minimum atomic E-state index is -0.388. The van der Waals surface area contributed by atoms with Gasteiger partial charge in [0, 0.05) is 43.8 Å². The number of benzene rings is 8. The number of hydrogen-bond acceptors (Lipinski definition) is 2. The average molecular weight is 729 g/mol. The maximum absolute atomic E-state index is 5.68. The molecule has 3 heterocycles. The third-order valence-corrected chi connectivity index (χ3v) is 12.2. The molecule has 0 aliphatic heterocycles. The molecule has 11 aromatic rings. The van der Waals surface area contributed by atoms with Crippen molar-refractivity contribution in [1.82, 2.24) is 19.1 Å². The van der Waals surface area contributed by atoms with E-state index in [1.807, 2.05) is 0 Å². The Hall–Kier alpha value is -7.30.